The quantitative estimate of drug-likeness (QED) is 0.942. The van der Waals surface area contributed by atoms with Gasteiger partial charge >= 0.3 is 5.97 Å². The summed E-state index contributed by atoms with van der Waals surface area (Å²) in [7, 11) is 1.89. The van der Waals surface area contributed by atoms with Crippen molar-refractivity contribution in [3.05, 3.63) is 52.1 Å². The lowest BCUT2D eigenvalue weighted by molar-refractivity contribution is 0.0696. The number of benzene rings is 1. The van der Waals surface area contributed by atoms with Gasteiger partial charge in [0.25, 0.3) is 0 Å². The van der Waals surface area contributed by atoms with Crippen LogP contribution >= 0.6 is 11.6 Å². The Morgan fingerprint density at radius 1 is 1.40 bits per heavy atom. The van der Waals surface area contributed by atoms with E-state index < -0.39 is 5.97 Å². The highest BCUT2D eigenvalue weighted by Crippen LogP contribution is 2.25. The molecule has 1 aromatic heterocycles. The van der Waals surface area contributed by atoms with Crippen LogP contribution < -0.4 is 0 Å². The molecule has 1 N–H and O–H groups in total. The zero-order valence-electron chi connectivity index (χ0n) is 11.0. The number of halogens is 1. The fourth-order valence-electron chi connectivity index (χ4n) is 2.48. The largest absolute Gasteiger partial charge is 0.478 e. The molecule has 2 heterocycles. The topological polar surface area (TPSA) is 58.4 Å². The molecule has 0 bridgehead atoms. The third kappa shape index (κ3) is 2.30. The van der Waals surface area contributed by atoms with Crippen LogP contribution in [0.4, 0.5) is 0 Å². The normalized spacial score (nSPS) is 14.5. The van der Waals surface area contributed by atoms with Gasteiger partial charge in [0.05, 0.1) is 18.3 Å². The number of nitrogens with zero attached hydrogens (tertiary/aromatic N) is 3. The van der Waals surface area contributed by atoms with Crippen molar-refractivity contribution >= 4 is 17.6 Å². The van der Waals surface area contributed by atoms with Gasteiger partial charge in [0.1, 0.15) is 11.0 Å². The molecular weight excluding hydrogens is 278 g/mol. The van der Waals surface area contributed by atoms with E-state index in [2.05, 4.69) is 9.88 Å². The van der Waals surface area contributed by atoms with E-state index in [9.17, 15) is 4.79 Å². The summed E-state index contributed by atoms with van der Waals surface area (Å²) in [6, 6.07) is 5.30. The Morgan fingerprint density at radius 3 is 2.80 bits per heavy atom. The maximum atomic E-state index is 11.0. The molecule has 1 aliphatic rings. The number of carbonyl (C=O) groups is 1. The Kier molecular flexibility index (Phi) is 3.23. The molecule has 20 heavy (non-hydrogen) atoms. The summed E-state index contributed by atoms with van der Waals surface area (Å²) >= 11 is 5.98. The van der Waals surface area contributed by atoms with Gasteiger partial charge in [-0.3, -0.25) is 4.90 Å². The average molecular weight is 292 g/mol. The Hall–Kier alpha value is -1.85. The number of fused-ring (bicyclic) bond motifs is 1. The van der Waals surface area contributed by atoms with Crippen LogP contribution in [0.2, 0.25) is 5.15 Å². The van der Waals surface area contributed by atoms with Crippen molar-refractivity contribution < 1.29 is 9.90 Å². The van der Waals surface area contributed by atoms with Gasteiger partial charge in [0.2, 0.25) is 0 Å². The van der Waals surface area contributed by atoms with Crippen molar-refractivity contribution in [3.63, 3.8) is 0 Å². The van der Waals surface area contributed by atoms with Crippen LogP contribution in [0.1, 0.15) is 27.3 Å². The number of aromatic carboxylic acids is 1. The maximum Gasteiger partial charge on any atom is 0.335 e. The molecule has 2 aromatic rings. The van der Waals surface area contributed by atoms with Crippen molar-refractivity contribution in [1.29, 1.82) is 0 Å². The minimum absolute atomic E-state index is 0.339. The van der Waals surface area contributed by atoms with Crippen LogP contribution in [-0.2, 0) is 26.7 Å². The van der Waals surface area contributed by atoms with Crippen LogP contribution in [0.3, 0.4) is 0 Å². The number of imidazole rings is 1. The number of hydrogen-bond acceptors (Lipinski definition) is 3. The van der Waals surface area contributed by atoms with Crippen molar-refractivity contribution in [1.82, 2.24) is 14.5 Å². The minimum Gasteiger partial charge on any atom is -0.478 e. The first kappa shape index (κ1) is 13.1. The van der Waals surface area contributed by atoms with E-state index in [1.165, 1.54) is 5.56 Å². The molecule has 0 saturated carbocycles. The Bertz CT molecular complexity index is 681. The first-order valence-corrected chi connectivity index (χ1v) is 6.66. The molecule has 1 aromatic carbocycles. The van der Waals surface area contributed by atoms with Crippen LogP contribution in [-0.4, -0.2) is 25.5 Å². The number of rotatable bonds is 3. The molecule has 3 rings (SSSR count). The average Bonchev–Trinajstić information content (AvgIpc) is 2.95. The predicted molar refractivity (Wildman–Crippen MR) is 74.6 cm³/mol. The van der Waals surface area contributed by atoms with E-state index in [1.807, 2.05) is 17.7 Å². The van der Waals surface area contributed by atoms with Crippen molar-refractivity contribution in [2.45, 2.75) is 19.6 Å². The SMILES string of the molecule is Cn1c(Cl)cnc1CN1Cc2ccc(C(=O)O)cc2C1. The summed E-state index contributed by atoms with van der Waals surface area (Å²) in [5.74, 6) is 0.0170. The third-order valence-electron chi connectivity index (χ3n) is 3.63. The van der Waals surface area contributed by atoms with Crippen LogP contribution in [0.5, 0.6) is 0 Å². The number of carboxylic acids is 1. The fraction of sp³-hybridized carbons (Fsp3) is 0.286. The molecule has 5 nitrogen and oxygen atoms in total. The molecular formula is C14H14ClN3O2. The second kappa shape index (κ2) is 4.92. The molecule has 1 aliphatic heterocycles. The molecule has 0 saturated heterocycles. The van der Waals surface area contributed by atoms with E-state index in [0.717, 1.165) is 24.5 Å². The first-order chi connectivity index (χ1) is 9.54. The van der Waals surface area contributed by atoms with Gasteiger partial charge in [0.15, 0.2) is 0 Å². The zero-order valence-corrected chi connectivity index (χ0v) is 11.8. The Labute approximate surface area is 121 Å². The molecule has 0 radical (unpaired) electrons. The van der Waals surface area contributed by atoms with Crippen molar-refractivity contribution in [3.8, 4) is 0 Å². The van der Waals surface area contributed by atoms with Crippen LogP contribution in [0.15, 0.2) is 24.4 Å². The van der Waals surface area contributed by atoms with Gasteiger partial charge < -0.3 is 9.67 Å². The van der Waals surface area contributed by atoms with Gasteiger partial charge in [-0.1, -0.05) is 17.7 Å². The number of hydrogen-bond donors (Lipinski definition) is 1. The lowest BCUT2D eigenvalue weighted by Crippen LogP contribution is -2.18. The summed E-state index contributed by atoms with van der Waals surface area (Å²) in [6.45, 7) is 2.24. The molecule has 0 fully saturated rings. The second-order valence-corrected chi connectivity index (χ2v) is 5.38. The standard InChI is InChI=1S/C14H14ClN3O2/c1-17-12(15)5-16-13(17)8-18-6-10-3-2-9(14(19)20)4-11(10)7-18/h2-5H,6-8H2,1H3,(H,19,20). The van der Waals surface area contributed by atoms with Crippen LogP contribution in [0.25, 0.3) is 0 Å². The smallest absolute Gasteiger partial charge is 0.335 e. The van der Waals surface area contributed by atoms with Crippen molar-refractivity contribution in [2.75, 3.05) is 0 Å². The van der Waals surface area contributed by atoms with Gasteiger partial charge in [0, 0.05) is 20.1 Å². The number of carboxylic acid groups (broad SMARTS) is 1. The van der Waals surface area contributed by atoms with Gasteiger partial charge in [-0.15, -0.1) is 0 Å². The van der Waals surface area contributed by atoms with Gasteiger partial charge in [-0.05, 0) is 23.3 Å². The first-order valence-electron chi connectivity index (χ1n) is 6.28. The second-order valence-electron chi connectivity index (χ2n) is 4.99. The van der Waals surface area contributed by atoms with E-state index in [-0.39, 0.29) is 0 Å². The summed E-state index contributed by atoms with van der Waals surface area (Å²) < 4.78 is 1.85. The molecule has 0 spiro atoms. The van der Waals surface area contributed by atoms with E-state index in [1.54, 1.807) is 18.3 Å². The maximum absolute atomic E-state index is 11.0. The van der Waals surface area contributed by atoms with Crippen molar-refractivity contribution in [2.24, 2.45) is 7.05 Å². The third-order valence-corrected chi connectivity index (χ3v) is 3.98. The molecule has 0 aliphatic carbocycles. The summed E-state index contributed by atoms with van der Waals surface area (Å²) in [5, 5.41) is 9.63. The lowest BCUT2D eigenvalue weighted by Gasteiger charge is -2.14. The molecule has 104 valence electrons. The monoisotopic (exact) mass is 291 g/mol. The van der Waals surface area contributed by atoms with Crippen LogP contribution in [0, 0.1) is 0 Å². The van der Waals surface area contributed by atoms with Gasteiger partial charge in [-0.2, -0.15) is 0 Å². The molecule has 0 amide bonds. The highest BCUT2D eigenvalue weighted by Gasteiger charge is 2.21. The summed E-state index contributed by atoms with van der Waals surface area (Å²) in [4.78, 5) is 17.5. The van der Waals surface area contributed by atoms with E-state index in [4.69, 9.17) is 16.7 Å². The predicted octanol–water partition coefficient (Wildman–Crippen LogP) is 2.29. The Balaban J connectivity index is 1.77. The highest BCUT2D eigenvalue weighted by atomic mass is 35.5. The summed E-state index contributed by atoms with van der Waals surface area (Å²) in [5.41, 5.74) is 2.59. The Morgan fingerprint density at radius 2 is 2.15 bits per heavy atom. The highest BCUT2D eigenvalue weighted by molar-refractivity contribution is 6.29. The van der Waals surface area contributed by atoms with E-state index in [0.29, 0.717) is 17.3 Å². The van der Waals surface area contributed by atoms with E-state index >= 15 is 0 Å². The van der Waals surface area contributed by atoms with Gasteiger partial charge in [-0.25, -0.2) is 9.78 Å². The molecule has 0 unspecified atom stereocenters. The zero-order chi connectivity index (χ0) is 14.3. The fourth-order valence-corrected chi connectivity index (χ4v) is 2.63. The molecule has 6 heteroatoms. The number of aromatic nitrogens is 2. The lowest BCUT2D eigenvalue weighted by atomic mass is 10.1. The summed E-state index contributed by atoms with van der Waals surface area (Å²) in [6.07, 6.45) is 1.64. The molecule has 0 atom stereocenters. The minimum atomic E-state index is -0.887.